The van der Waals surface area contributed by atoms with Crippen LogP contribution in [0, 0.1) is 10.1 Å². The number of nitrogens with zero attached hydrogens (tertiary/aromatic N) is 1. The van der Waals surface area contributed by atoms with Crippen molar-refractivity contribution in [3.8, 4) is 5.75 Å². The van der Waals surface area contributed by atoms with Crippen LogP contribution >= 0.6 is 0 Å². The third-order valence-corrected chi connectivity index (χ3v) is 2.12. The van der Waals surface area contributed by atoms with E-state index >= 15 is 0 Å². The van der Waals surface area contributed by atoms with Gasteiger partial charge in [-0.3, -0.25) is 10.1 Å². The van der Waals surface area contributed by atoms with E-state index in [4.69, 9.17) is 4.74 Å². The first kappa shape index (κ1) is 12.0. The normalized spacial score (nSPS) is 11.6. The number of methoxy groups -OCH3 is 1. The van der Waals surface area contributed by atoms with Gasteiger partial charge in [-0.25, -0.2) is 0 Å². The van der Waals surface area contributed by atoms with Crippen LogP contribution in [0.4, 0.5) is 11.4 Å². The van der Waals surface area contributed by atoms with Crippen LogP contribution in [-0.4, -0.2) is 18.1 Å². The Morgan fingerprint density at radius 1 is 1.62 bits per heavy atom. The minimum Gasteiger partial charge on any atom is -0.490 e. The fourth-order valence-electron chi connectivity index (χ4n) is 1.24. The van der Waals surface area contributed by atoms with Crippen LogP contribution in [0.1, 0.15) is 6.92 Å². The Balaban J connectivity index is 2.99. The van der Waals surface area contributed by atoms with Gasteiger partial charge >= 0.3 is 5.69 Å². The fourth-order valence-corrected chi connectivity index (χ4v) is 1.24. The predicted molar refractivity (Wildman–Crippen MR) is 62.9 cm³/mol. The summed E-state index contributed by atoms with van der Waals surface area (Å²) < 4.78 is 4.96. The summed E-state index contributed by atoms with van der Waals surface area (Å²) in [6.45, 7) is 5.57. The van der Waals surface area contributed by atoms with Crippen LogP contribution in [0.25, 0.3) is 0 Å². The van der Waals surface area contributed by atoms with E-state index in [2.05, 4.69) is 11.9 Å². The molecule has 0 radical (unpaired) electrons. The highest BCUT2D eigenvalue weighted by Gasteiger charge is 2.14. The summed E-state index contributed by atoms with van der Waals surface area (Å²) in [6, 6.07) is 4.74. The molecule has 5 heteroatoms. The second kappa shape index (κ2) is 5.16. The topological polar surface area (TPSA) is 64.4 Å². The molecule has 1 N–H and O–H groups in total. The number of nitro groups is 1. The van der Waals surface area contributed by atoms with E-state index in [-0.39, 0.29) is 17.5 Å². The molecule has 1 aromatic rings. The summed E-state index contributed by atoms with van der Waals surface area (Å²) in [6.07, 6.45) is 1.74. The van der Waals surface area contributed by atoms with Crippen LogP contribution in [0.15, 0.2) is 30.9 Å². The largest absolute Gasteiger partial charge is 0.490 e. The van der Waals surface area contributed by atoms with Gasteiger partial charge in [0.15, 0.2) is 5.75 Å². The molecule has 1 aromatic carbocycles. The summed E-state index contributed by atoms with van der Waals surface area (Å²) in [5, 5.41) is 13.8. The number of benzene rings is 1. The summed E-state index contributed by atoms with van der Waals surface area (Å²) >= 11 is 0. The van der Waals surface area contributed by atoms with E-state index < -0.39 is 4.92 Å². The highest BCUT2D eigenvalue weighted by molar-refractivity contribution is 5.58. The van der Waals surface area contributed by atoms with E-state index in [0.29, 0.717) is 0 Å². The second-order valence-electron chi connectivity index (χ2n) is 3.31. The lowest BCUT2D eigenvalue weighted by Gasteiger charge is -2.11. The number of ether oxygens (including phenoxy) is 1. The van der Waals surface area contributed by atoms with Gasteiger partial charge in [0.05, 0.1) is 12.0 Å². The molecule has 0 aliphatic rings. The van der Waals surface area contributed by atoms with Gasteiger partial charge < -0.3 is 10.1 Å². The lowest BCUT2D eigenvalue weighted by molar-refractivity contribution is -0.385. The van der Waals surface area contributed by atoms with E-state index in [1.165, 1.54) is 13.2 Å². The molecule has 16 heavy (non-hydrogen) atoms. The van der Waals surface area contributed by atoms with Crippen molar-refractivity contribution in [1.29, 1.82) is 0 Å². The van der Waals surface area contributed by atoms with Crippen molar-refractivity contribution in [3.63, 3.8) is 0 Å². The predicted octanol–water partition coefficient (Wildman–Crippen LogP) is 2.59. The Labute approximate surface area is 93.9 Å². The molecule has 1 atom stereocenters. The number of nitro benzene ring substituents is 1. The maximum absolute atomic E-state index is 10.7. The van der Waals surface area contributed by atoms with Crippen LogP contribution in [-0.2, 0) is 0 Å². The van der Waals surface area contributed by atoms with Crippen molar-refractivity contribution < 1.29 is 9.66 Å². The SMILES string of the molecule is C=CC(C)Nc1ccc([N+](=O)[O-])c(OC)c1. The number of hydrogen-bond donors (Lipinski definition) is 1. The van der Waals surface area contributed by atoms with Gasteiger partial charge in [0.1, 0.15) is 0 Å². The standard InChI is InChI=1S/C11H14N2O3/c1-4-8(2)12-9-5-6-10(13(14)15)11(7-9)16-3/h4-8,12H,1H2,2-3H3. The molecule has 0 fully saturated rings. The van der Waals surface area contributed by atoms with Gasteiger partial charge in [0, 0.05) is 23.9 Å². The molecule has 1 unspecified atom stereocenters. The van der Waals surface area contributed by atoms with Crippen LogP contribution in [0.5, 0.6) is 5.75 Å². The highest BCUT2D eigenvalue weighted by atomic mass is 16.6. The molecule has 0 bridgehead atoms. The zero-order valence-corrected chi connectivity index (χ0v) is 9.27. The lowest BCUT2D eigenvalue weighted by atomic mass is 10.2. The van der Waals surface area contributed by atoms with Gasteiger partial charge in [-0.15, -0.1) is 6.58 Å². The maximum Gasteiger partial charge on any atom is 0.311 e. The van der Waals surface area contributed by atoms with E-state index in [1.54, 1.807) is 18.2 Å². The molecule has 0 aliphatic heterocycles. The van der Waals surface area contributed by atoms with Crippen molar-refractivity contribution in [2.75, 3.05) is 12.4 Å². The lowest BCUT2D eigenvalue weighted by Crippen LogP contribution is -2.11. The maximum atomic E-state index is 10.7. The van der Waals surface area contributed by atoms with E-state index in [0.717, 1.165) is 5.69 Å². The first-order valence-electron chi connectivity index (χ1n) is 4.80. The zero-order chi connectivity index (χ0) is 12.1. The van der Waals surface area contributed by atoms with Crippen molar-refractivity contribution >= 4 is 11.4 Å². The van der Waals surface area contributed by atoms with E-state index in [1.807, 2.05) is 6.92 Å². The minimum atomic E-state index is -0.473. The zero-order valence-electron chi connectivity index (χ0n) is 9.27. The van der Waals surface area contributed by atoms with Gasteiger partial charge in [0.2, 0.25) is 0 Å². The van der Waals surface area contributed by atoms with E-state index in [9.17, 15) is 10.1 Å². The molecule has 0 aromatic heterocycles. The Kier molecular flexibility index (Phi) is 3.88. The number of anilines is 1. The Morgan fingerprint density at radius 2 is 2.31 bits per heavy atom. The molecule has 0 amide bonds. The van der Waals surface area contributed by atoms with Crippen LogP contribution in [0.2, 0.25) is 0 Å². The summed E-state index contributed by atoms with van der Waals surface area (Å²) in [4.78, 5) is 10.2. The highest BCUT2D eigenvalue weighted by Crippen LogP contribution is 2.29. The van der Waals surface area contributed by atoms with Crippen molar-refractivity contribution in [1.82, 2.24) is 0 Å². The third-order valence-electron chi connectivity index (χ3n) is 2.12. The Bertz CT molecular complexity index is 404. The average Bonchev–Trinajstić information content (AvgIpc) is 2.28. The monoisotopic (exact) mass is 222 g/mol. The molecular formula is C11H14N2O3. The first-order chi connectivity index (χ1) is 7.58. The number of nitrogens with one attached hydrogen (secondary N) is 1. The molecule has 86 valence electrons. The first-order valence-corrected chi connectivity index (χ1v) is 4.80. The summed E-state index contributed by atoms with van der Waals surface area (Å²) in [5.41, 5.74) is 0.717. The van der Waals surface area contributed by atoms with Crippen molar-refractivity contribution in [3.05, 3.63) is 41.0 Å². The quantitative estimate of drug-likeness (QED) is 0.472. The van der Waals surface area contributed by atoms with Crippen LogP contribution in [0.3, 0.4) is 0 Å². The summed E-state index contributed by atoms with van der Waals surface area (Å²) in [7, 11) is 1.41. The molecule has 0 heterocycles. The van der Waals surface area contributed by atoms with Gasteiger partial charge in [-0.2, -0.15) is 0 Å². The Hall–Kier alpha value is -2.04. The number of hydrogen-bond acceptors (Lipinski definition) is 4. The smallest absolute Gasteiger partial charge is 0.311 e. The van der Waals surface area contributed by atoms with Crippen molar-refractivity contribution in [2.24, 2.45) is 0 Å². The van der Waals surface area contributed by atoms with Crippen molar-refractivity contribution in [2.45, 2.75) is 13.0 Å². The third kappa shape index (κ3) is 2.73. The second-order valence-corrected chi connectivity index (χ2v) is 3.31. The fraction of sp³-hybridized carbons (Fsp3) is 0.273. The van der Waals surface area contributed by atoms with Crippen LogP contribution < -0.4 is 10.1 Å². The molecule has 5 nitrogen and oxygen atoms in total. The molecule has 0 spiro atoms. The van der Waals surface area contributed by atoms with Gasteiger partial charge in [-0.1, -0.05) is 6.08 Å². The minimum absolute atomic E-state index is 0.0423. The summed E-state index contributed by atoms with van der Waals surface area (Å²) in [5.74, 6) is 0.242. The van der Waals surface area contributed by atoms with Gasteiger partial charge in [-0.05, 0) is 13.0 Å². The molecule has 0 saturated carbocycles. The van der Waals surface area contributed by atoms with Gasteiger partial charge in [0.25, 0.3) is 0 Å². The number of rotatable bonds is 5. The molecule has 1 rings (SSSR count). The molecule has 0 saturated heterocycles. The Morgan fingerprint density at radius 3 is 2.81 bits per heavy atom. The average molecular weight is 222 g/mol. The molecular weight excluding hydrogens is 208 g/mol. The molecule has 0 aliphatic carbocycles.